The Kier molecular flexibility index (Phi) is 12.0. The lowest BCUT2D eigenvalue weighted by Gasteiger charge is -2.16. The predicted molar refractivity (Wildman–Crippen MR) is 131 cm³/mol. The molecule has 0 spiro atoms. The van der Waals surface area contributed by atoms with Crippen LogP contribution in [0.5, 0.6) is 5.75 Å². The van der Waals surface area contributed by atoms with Crippen molar-refractivity contribution in [3.05, 3.63) is 54.0 Å². The van der Waals surface area contributed by atoms with Crippen molar-refractivity contribution in [2.75, 3.05) is 40.8 Å². The molecule has 0 saturated heterocycles. The molecule has 1 heterocycles. The molecule has 1 unspecified atom stereocenters. The van der Waals surface area contributed by atoms with Crippen LogP contribution < -0.4 is 15.4 Å². The molecule has 0 fully saturated rings. The van der Waals surface area contributed by atoms with Crippen LogP contribution in [0.1, 0.15) is 30.6 Å². The molecular weight excluding hydrogens is 495 g/mol. The Morgan fingerprint density at radius 3 is 2.47 bits per heavy atom. The number of guanidine groups is 1. The minimum absolute atomic E-state index is 0. The van der Waals surface area contributed by atoms with E-state index in [1.54, 1.807) is 27.5 Å². The van der Waals surface area contributed by atoms with E-state index in [9.17, 15) is 4.79 Å². The highest BCUT2D eigenvalue weighted by Gasteiger charge is 2.08. The van der Waals surface area contributed by atoms with E-state index < -0.39 is 0 Å². The summed E-state index contributed by atoms with van der Waals surface area (Å²) < 4.78 is 10.6. The van der Waals surface area contributed by atoms with Crippen LogP contribution in [-0.2, 0) is 11.2 Å². The molecule has 1 amide bonds. The highest BCUT2D eigenvalue weighted by molar-refractivity contribution is 14.0. The van der Waals surface area contributed by atoms with Gasteiger partial charge in [0.05, 0.1) is 13.4 Å². The minimum atomic E-state index is -0.0382. The molecule has 0 saturated carbocycles. The number of ether oxygens (including phenoxy) is 1. The second kappa shape index (κ2) is 13.9. The van der Waals surface area contributed by atoms with Gasteiger partial charge in [0.2, 0.25) is 5.91 Å². The first-order chi connectivity index (χ1) is 14.0. The van der Waals surface area contributed by atoms with Crippen molar-refractivity contribution in [2.45, 2.75) is 25.7 Å². The van der Waals surface area contributed by atoms with E-state index in [2.05, 4.69) is 34.7 Å². The van der Waals surface area contributed by atoms with Crippen molar-refractivity contribution < 1.29 is 13.9 Å². The molecule has 1 aromatic carbocycles. The third kappa shape index (κ3) is 9.06. The molecule has 0 bridgehead atoms. The van der Waals surface area contributed by atoms with Crippen molar-refractivity contribution in [3.63, 3.8) is 0 Å². The van der Waals surface area contributed by atoms with Crippen molar-refractivity contribution in [2.24, 2.45) is 4.99 Å². The maximum Gasteiger partial charge on any atom is 0.243 e. The summed E-state index contributed by atoms with van der Waals surface area (Å²) in [5, 5.41) is 6.60. The van der Waals surface area contributed by atoms with E-state index in [1.807, 2.05) is 24.3 Å². The number of nitrogens with one attached hydrogen (secondary N) is 2. The zero-order chi connectivity index (χ0) is 21.1. The number of hydrogen-bond acceptors (Lipinski definition) is 4. The van der Waals surface area contributed by atoms with Crippen LogP contribution >= 0.6 is 24.0 Å². The Labute approximate surface area is 196 Å². The van der Waals surface area contributed by atoms with Crippen LogP contribution in [0.3, 0.4) is 0 Å². The molecule has 0 aliphatic rings. The van der Waals surface area contributed by atoms with Gasteiger partial charge in [0.15, 0.2) is 5.96 Å². The van der Waals surface area contributed by atoms with Crippen molar-refractivity contribution in [1.82, 2.24) is 15.5 Å². The SMILES string of the molecule is COc1ccc(C(C)CCNC(=NCC(=O)N(C)C)NCCc2ccco2)cc1.I. The monoisotopic (exact) mass is 528 g/mol. The number of benzene rings is 1. The van der Waals surface area contributed by atoms with Gasteiger partial charge in [-0.05, 0) is 42.2 Å². The summed E-state index contributed by atoms with van der Waals surface area (Å²) in [7, 11) is 5.13. The van der Waals surface area contributed by atoms with Gasteiger partial charge in [-0.3, -0.25) is 4.79 Å². The maximum atomic E-state index is 11.9. The van der Waals surface area contributed by atoms with E-state index in [0.717, 1.165) is 30.9 Å². The number of carbonyl (C=O) groups excluding carboxylic acids is 1. The third-order valence-electron chi connectivity index (χ3n) is 4.67. The molecule has 30 heavy (non-hydrogen) atoms. The lowest BCUT2D eigenvalue weighted by Crippen LogP contribution is -2.40. The lowest BCUT2D eigenvalue weighted by atomic mass is 9.98. The number of amides is 1. The average molecular weight is 528 g/mol. The topological polar surface area (TPSA) is 79.1 Å². The number of nitrogens with zero attached hydrogens (tertiary/aromatic N) is 2. The van der Waals surface area contributed by atoms with E-state index >= 15 is 0 Å². The van der Waals surface area contributed by atoms with Gasteiger partial charge in [0, 0.05) is 33.6 Å². The quantitative estimate of drug-likeness (QED) is 0.281. The van der Waals surface area contributed by atoms with Gasteiger partial charge in [0.1, 0.15) is 18.1 Å². The van der Waals surface area contributed by atoms with Crippen LogP contribution in [0.25, 0.3) is 0 Å². The number of methoxy groups -OCH3 is 1. The van der Waals surface area contributed by atoms with Gasteiger partial charge >= 0.3 is 0 Å². The molecule has 1 atom stereocenters. The third-order valence-corrected chi connectivity index (χ3v) is 4.67. The molecule has 0 aliphatic heterocycles. The number of rotatable bonds is 10. The lowest BCUT2D eigenvalue weighted by molar-refractivity contribution is -0.127. The van der Waals surface area contributed by atoms with Gasteiger partial charge in [-0.2, -0.15) is 0 Å². The standard InChI is InChI=1S/C22H32N4O3.HI/c1-17(18-7-9-19(28-4)10-8-18)11-13-23-22(25-16-21(27)26(2)3)24-14-12-20-6-5-15-29-20;/h5-10,15,17H,11-14,16H2,1-4H3,(H2,23,24,25);1H. The van der Waals surface area contributed by atoms with Crippen LogP contribution in [0.4, 0.5) is 0 Å². The summed E-state index contributed by atoms with van der Waals surface area (Å²) in [5.74, 6) is 2.76. The molecule has 0 aliphatic carbocycles. The largest absolute Gasteiger partial charge is 0.497 e. The van der Waals surface area contributed by atoms with E-state index in [0.29, 0.717) is 18.4 Å². The van der Waals surface area contributed by atoms with Gasteiger partial charge in [0.25, 0.3) is 0 Å². The molecule has 166 valence electrons. The molecule has 8 heteroatoms. The number of carbonyl (C=O) groups is 1. The smallest absolute Gasteiger partial charge is 0.243 e. The molecule has 2 rings (SSSR count). The summed E-state index contributed by atoms with van der Waals surface area (Å²) in [6.45, 7) is 3.72. The number of likely N-dealkylation sites (N-methyl/N-ethyl adjacent to an activating group) is 1. The Morgan fingerprint density at radius 2 is 1.87 bits per heavy atom. The van der Waals surface area contributed by atoms with Crippen LogP contribution in [0.15, 0.2) is 52.1 Å². The number of aliphatic imine (C=N–C) groups is 1. The van der Waals surface area contributed by atoms with Crippen LogP contribution in [-0.4, -0.2) is 57.6 Å². The van der Waals surface area contributed by atoms with Gasteiger partial charge in [-0.1, -0.05) is 19.1 Å². The number of halogens is 1. The van der Waals surface area contributed by atoms with E-state index in [-0.39, 0.29) is 36.4 Å². The van der Waals surface area contributed by atoms with Gasteiger partial charge in [-0.15, -0.1) is 24.0 Å². The Balaban J connectivity index is 0.00000450. The van der Waals surface area contributed by atoms with E-state index in [1.165, 1.54) is 10.5 Å². The molecule has 2 aromatic rings. The minimum Gasteiger partial charge on any atom is -0.497 e. The van der Waals surface area contributed by atoms with Crippen molar-refractivity contribution in [3.8, 4) is 5.75 Å². The summed E-state index contributed by atoms with van der Waals surface area (Å²) >= 11 is 0. The predicted octanol–water partition coefficient (Wildman–Crippen LogP) is 3.27. The molecule has 1 aromatic heterocycles. The number of hydrogen-bond donors (Lipinski definition) is 2. The fourth-order valence-corrected chi connectivity index (χ4v) is 2.73. The van der Waals surface area contributed by atoms with Crippen LogP contribution in [0, 0.1) is 0 Å². The Bertz CT molecular complexity index is 761. The fourth-order valence-electron chi connectivity index (χ4n) is 2.73. The zero-order valence-electron chi connectivity index (χ0n) is 18.2. The summed E-state index contributed by atoms with van der Waals surface area (Å²) in [6, 6.07) is 12.0. The summed E-state index contributed by atoms with van der Waals surface area (Å²) in [6.07, 6.45) is 3.35. The molecule has 0 radical (unpaired) electrons. The molecule has 7 nitrogen and oxygen atoms in total. The fraction of sp³-hybridized carbons (Fsp3) is 0.455. The van der Waals surface area contributed by atoms with E-state index in [4.69, 9.17) is 9.15 Å². The normalized spacial score (nSPS) is 11.9. The Morgan fingerprint density at radius 1 is 1.17 bits per heavy atom. The van der Waals surface area contributed by atoms with Gasteiger partial charge < -0.3 is 24.7 Å². The van der Waals surface area contributed by atoms with Gasteiger partial charge in [-0.25, -0.2) is 4.99 Å². The molecule has 2 N–H and O–H groups in total. The first kappa shape index (κ1) is 25.8. The van der Waals surface area contributed by atoms with Crippen molar-refractivity contribution in [1.29, 1.82) is 0 Å². The maximum absolute atomic E-state index is 11.9. The summed E-state index contributed by atoms with van der Waals surface area (Å²) in [5.41, 5.74) is 1.26. The Hall–Kier alpha value is -2.23. The second-order valence-electron chi connectivity index (χ2n) is 7.10. The van der Waals surface area contributed by atoms with Crippen LogP contribution in [0.2, 0.25) is 0 Å². The van der Waals surface area contributed by atoms with Crippen molar-refractivity contribution >= 4 is 35.8 Å². The average Bonchev–Trinajstić information content (AvgIpc) is 3.24. The first-order valence-corrected chi connectivity index (χ1v) is 9.88. The highest BCUT2D eigenvalue weighted by Crippen LogP contribution is 2.21. The number of furan rings is 1. The highest BCUT2D eigenvalue weighted by atomic mass is 127. The zero-order valence-corrected chi connectivity index (χ0v) is 20.5. The molecular formula is C22H33IN4O3. The summed E-state index contributed by atoms with van der Waals surface area (Å²) in [4.78, 5) is 17.8. The first-order valence-electron chi connectivity index (χ1n) is 9.88. The second-order valence-corrected chi connectivity index (χ2v) is 7.10.